The van der Waals surface area contributed by atoms with Gasteiger partial charge in [-0.3, -0.25) is 0 Å². The Morgan fingerprint density at radius 2 is 2.23 bits per heavy atom. The number of carbonyl (C=O) groups is 1. The highest BCUT2D eigenvalue weighted by atomic mass is 16.2. The maximum atomic E-state index is 12.2. The van der Waals surface area contributed by atoms with Gasteiger partial charge in [-0.05, 0) is 30.8 Å². The van der Waals surface area contributed by atoms with E-state index in [2.05, 4.69) is 21.0 Å². The van der Waals surface area contributed by atoms with Crippen LogP contribution in [0.25, 0.3) is 5.32 Å². The summed E-state index contributed by atoms with van der Waals surface area (Å²) in [5, 5.41) is 14.5. The molecule has 1 aliphatic heterocycles. The van der Waals surface area contributed by atoms with Gasteiger partial charge in [0.2, 0.25) is 0 Å². The predicted molar refractivity (Wildman–Crippen MR) is 102 cm³/mol. The van der Waals surface area contributed by atoms with Gasteiger partial charge in [-0.1, -0.05) is 30.7 Å². The van der Waals surface area contributed by atoms with Gasteiger partial charge < -0.3 is 16.0 Å². The van der Waals surface area contributed by atoms with Gasteiger partial charge in [0.25, 0.3) is 0 Å². The van der Waals surface area contributed by atoms with Gasteiger partial charge in [-0.25, -0.2) is 9.37 Å². The Labute approximate surface area is 152 Å². The van der Waals surface area contributed by atoms with Crippen LogP contribution in [0.1, 0.15) is 24.1 Å². The molecule has 1 unspecified atom stereocenters. The molecule has 134 valence electrons. The molecular weight excluding hydrogens is 328 g/mol. The molecule has 0 spiro atoms. The Morgan fingerprint density at radius 1 is 1.42 bits per heavy atom. The lowest BCUT2D eigenvalue weighted by atomic mass is 10.1. The number of nitrogens with zero attached hydrogens (tertiary/aromatic N) is 4. The maximum absolute atomic E-state index is 12.2. The first kappa shape index (κ1) is 17.5. The molecule has 0 aliphatic carbocycles. The summed E-state index contributed by atoms with van der Waals surface area (Å²) >= 11 is 0. The number of carbonyl (C=O) groups excluding carboxylic acids is 1. The van der Waals surface area contributed by atoms with Crippen LogP contribution >= 0.6 is 0 Å². The lowest BCUT2D eigenvalue weighted by Gasteiger charge is -2.26. The molecular formula is C19H22N6O. The quantitative estimate of drug-likeness (QED) is 0.785. The zero-order valence-corrected chi connectivity index (χ0v) is 15.0. The Hall–Kier alpha value is -3.35. The third kappa shape index (κ3) is 4.38. The summed E-state index contributed by atoms with van der Waals surface area (Å²) < 4.78 is 3.26. The van der Waals surface area contributed by atoms with Crippen molar-refractivity contribution in [3.05, 3.63) is 77.4 Å². The molecule has 3 rings (SSSR count). The summed E-state index contributed by atoms with van der Waals surface area (Å²) in [5.41, 5.74) is 3.70. The molecule has 2 N–H and O–H groups in total. The molecule has 0 radical (unpaired) electrons. The number of aryl methyl sites for hydroxylation is 1. The van der Waals surface area contributed by atoms with Crippen molar-refractivity contribution in [1.29, 1.82) is 0 Å². The van der Waals surface area contributed by atoms with Gasteiger partial charge in [-0.2, -0.15) is 16.0 Å². The molecule has 1 atom stereocenters. The van der Waals surface area contributed by atoms with Gasteiger partial charge >= 0.3 is 6.03 Å². The lowest BCUT2D eigenvalue weighted by Crippen LogP contribution is -2.21. The minimum Gasteiger partial charge on any atom is -0.683 e. The Bertz CT molecular complexity index is 893. The molecule has 0 bridgehead atoms. The molecule has 7 heteroatoms. The highest BCUT2D eigenvalue weighted by molar-refractivity contribution is 5.90. The van der Waals surface area contributed by atoms with Crippen LogP contribution < -0.4 is 10.6 Å². The second-order valence-corrected chi connectivity index (χ2v) is 6.18. The van der Waals surface area contributed by atoms with Crippen molar-refractivity contribution in [1.82, 2.24) is 15.1 Å². The van der Waals surface area contributed by atoms with Crippen LogP contribution in [0.15, 0.2) is 61.0 Å². The second-order valence-electron chi connectivity index (χ2n) is 6.18. The number of nitrogens with one attached hydrogen (secondary N) is 2. The van der Waals surface area contributed by atoms with Gasteiger partial charge in [0.15, 0.2) is 18.1 Å². The van der Waals surface area contributed by atoms with Crippen molar-refractivity contribution in [2.75, 3.05) is 12.4 Å². The highest BCUT2D eigenvalue weighted by Gasteiger charge is 2.09. The van der Waals surface area contributed by atoms with Gasteiger partial charge in [0.05, 0.1) is 6.20 Å². The highest BCUT2D eigenvalue weighted by Crippen LogP contribution is 2.24. The Balaban J connectivity index is 1.55. The average molecular weight is 350 g/mol. The number of benzene rings is 1. The van der Waals surface area contributed by atoms with E-state index in [-0.39, 0.29) is 12.1 Å². The Kier molecular flexibility index (Phi) is 5.17. The molecule has 2 aromatic rings. The van der Waals surface area contributed by atoms with Crippen LogP contribution in [0.5, 0.6) is 0 Å². The van der Waals surface area contributed by atoms with Gasteiger partial charge in [0.1, 0.15) is 7.05 Å². The molecule has 1 aliphatic rings. The van der Waals surface area contributed by atoms with Crippen molar-refractivity contribution in [3.8, 4) is 0 Å². The number of rotatable bonds is 6. The van der Waals surface area contributed by atoms with E-state index >= 15 is 0 Å². The molecule has 0 saturated heterocycles. The van der Waals surface area contributed by atoms with Crippen molar-refractivity contribution >= 4 is 17.9 Å². The van der Waals surface area contributed by atoms with E-state index in [1.165, 1.54) is 4.68 Å². The van der Waals surface area contributed by atoms with E-state index in [4.69, 9.17) is 0 Å². The molecule has 2 heterocycles. The smallest absolute Gasteiger partial charge is 0.346 e. The molecule has 26 heavy (non-hydrogen) atoms. The van der Waals surface area contributed by atoms with Crippen molar-refractivity contribution < 1.29 is 9.37 Å². The third-order valence-corrected chi connectivity index (χ3v) is 3.86. The third-order valence-electron chi connectivity index (χ3n) is 3.86. The first-order chi connectivity index (χ1) is 12.5. The summed E-state index contributed by atoms with van der Waals surface area (Å²) in [7, 11) is 1.97. The fourth-order valence-corrected chi connectivity index (χ4v) is 2.47. The van der Waals surface area contributed by atoms with Crippen LogP contribution in [0, 0.1) is 6.92 Å². The van der Waals surface area contributed by atoms with Crippen LogP contribution in [0.4, 0.5) is 10.5 Å². The number of amides is 1. The SMILES string of the molecule is Cc1cnn(C(=O)Nc2cccc(C(C)[N-]C=CNC3=C[N+](C)=C3)c2)c1. The largest absolute Gasteiger partial charge is 0.683 e. The minimum atomic E-state index is -0.293. The number of hydrogen-bond donors (Lipinski definition) is 2. The minimum absolute atomic E-state index is 0.0288. The maximum Gasteiger partial charge on any atom is 0.346 e. The molecule has 0 saturated carbocycles. The van der Waals surface area contributed by atoms with Crippen molar-refractivity contribution in [2.45, 2.75) is 19.9 Å². The number of anilines is 1. The number of hydrogen-bond acceptors (Lipinski definition) is 3. The number of allylic oxidation sites excluding steroid dienone is 1. The first-order valence-electron chi connectivity index (χ1n) is 8.34. The fourth-order valence-electron chi connectivity index (χ4n) is 2.47. The van der Waals surface area contributed by atoms with E-state index in [1.807, 2.05) is 62.2 Å². The van der Waals surface area contributed by atoms with Gasteiger partial charge in [-0.15, -0.1) is 0 Å². The van der Waals surface area contributed by atoms with Crippen molar-refractivity contribution in [2.24, 2.45) is 0 Å². The van der Waals surface area contributed by atoms with E-state index < -0.39 is 0 Å². The van der Waals surface area contributed by atoms with Crippen LogP contribution in [-0.4, -0.2) is 33.6 Å². The summed E-state index contributed by atoms with van der Waals surface area (Å²) in [6.07, 6.45) is 10.9. The molecule has 1 amide bonds. The monoisotopic (exact) mass is 350 g/mol. The molecule has 1 aromatic carbocycles. The van der Waals surface area contributed by atoms with E-state index in [0.29, 0.717) is 5.69 Å². The Morgan fingerprint density at radius 3 is 2.92 bits per heavy atom. The van der Waals surface area contributed by atoms with Crippen molar-refractivity contribution in [3.63, 3.8) is 0 Å². The first-order valence-corrected chi connectivity index (χ1v) is 8.34. The topological polar surface area (TPSA) is 76.1 Å². The van der Waals surface area contributed by atoms with E-state index in [0.717, 1.165) is 16.8 Å². The summed E-state index contributed by atoms with van der Waals surface area (Å²) in [6.45, 7) is 3.89. The number of aromatic nitrogens is 2. The molecule has 7 nitrogen and oxygen atoms in total. The summed E-state index contributed by atoms with van der Waals surface area (Å²) in [4.78, 5) is 12.2. The summed E-state index contributed by atoms with van der Waals surface area (Å²) in [6, 6.07) is 7.33. The molecule has 0 fully saturated rings. The fraction of sp³-hybridized carbons (Fsp3) is 0.211. The predicted octanol–water partition coefficient (Wildman–Crippen LogP) is 3.34. The molecule has 1 aromatic heterocycles. The average Bonchev–Trinajstić information content (AvgIpc) is 3.03. The zero-order valence-electron chi connectivity index (χ0n) is 15.0. The van der Waals surface area contributed by atoms with Gasteiger partial charge in [0, 0.05) is 11.9 Å². The van der Waals surface area contributed by atoms with E-state index in [1.54, 1.807) is 24.8 Å². The van der Waals surface area contributed by atoms with E-state index in [9.17, 15) is 4.79 Å². The second kappa shape index (κ2) is 7.69. The summed E-state index contributed by atoms with van der Waals surface area (Å²) in [5.74, 6) is 0. The normalized spacial score (nSPS) is 14.3. The zero-order chi connectivity index (χ0) is 18.5. The van der Waals surface area contributed by atoms with Crippen LogP contribution in [-0.2, 0) is 0 Å². The standard InChI is InChI=1S/C19H22N6O/c1-14-10-22-25(11-14)19(26)23-17-6-4-5-16(9-17)15(2)20-7-8-21-18-12-24(3)13-18/h4-13,15,21H,1-3H3,(H,23,26). The van der Waals surface area contributed by atoms with Crippen LogP contribution in [0.3, 0.4) is 0 Å². The lowest BCUT2D eigenvalue weighted by molar-refractivity contribution is -0.429. The van der Waals surface area contributed by atoms with Crippen LogP contribution in [0.2, 0.25) is 0 Å².